The molecule has 0 unspecified atom stereocenters. The van der Waals surface area contributed by atoms with Crippen LogP contribution in [0.5, 0.6) is 0 Å². The molecule has 23 heavy (non-hydrogen) atoms. The first-order chi connectivity index (χ1) is 11.2. The van der Waals surface area contributed by atoms with Crippen LogP contribution in [0.1, 0.15) is 64.0 Å². The molecule has 2 heteroatoms. The predicted octanol–water partition coefficient (Wildman–Crippen LogP) is 5.69. The lowest BCUT2D eigenvalue weighted by Crippen LogP contribution is -2.08. The Morgan fingerprint density at radius 1 is 1.00 bits per heavy atom. The fraction of sp³-hybridized carbons (Fsp3) is 0.476. The Morgan fingerprint density at radius 2 is 1.70 bits per heavy atom. The molecule has 0 spiro atoms. The zero-order chi connectivity index (χ0) is 16.5. The van der Waals surface area contributed by atoms with Crippen molar-refractivity contribution in [1.29, 1.82) is 0 Å². The van der Waals surface area contributed by atoms with Crippen LogP contribution < -0.4 is 5.43 Å². The number of hydrogen-bond acceptors (Lipinski definition) is 1. The minimum absolute atomic E-state index is 0.106. The Balaban J connectivity index is 1.87. The second-order valence-electron chi connectivity index (χ2n) is 6.32. The number of unbranched alkanes of at least 4 members (excludes halogenated alkanes) is 7. The first kappa shape index (κ1) is 17.5. The maximum Gasteiger partial charge on any atom is 0.190 e. The van der Waals surface area contributed by atoms with Gasteiger partial charge in [0.25, 0.3) is 0 Å². The molecule has 1 aromatic carbocycles. The van der Waals surface area contributed by atoms with Crippen LogP contribution in [0.25, 0.3) is 17.0 Å². The Kier molecular flexibility index (Phi) is 7.12. The number of rotatable bonds is 9. The SMILES string of the molecule is CCCCCCCCC/C=C/c1cc(=O)c2ccccc2n1C. The number of hydrogen-bond donors (Lipinski definition) is 0. The van der Waals surface area contributed by atoms with Gasteiger partial charge in [-0.15, -0.1) is 0 Å². The number of nitrogens with zero attached hydrogens (tertiary/aromatic N) is 1. The third kappa shape index (κ3) is 5.09. The number of aryl methyl sites for hydroxylation is 1. The molecule has 0 aliphatic carbocycles. The smallest absolute Gasteiger partial charge is 0.190 e. The highest BCUT2D eigenvalue weighted by atomic mass is 16.1. The van der Waals surface area contributed by atoms with Crippen molar-refractivity contribution in [3.8, 4) is 0 Å². The van der Waals surface area contributed by atoms with Gasteiger partial charge in [-0.1, -0.05) is 63.7 Å². The average Bonchev–Trinajstić information content (AvgIpc) is 2.57. The summed E-state index contributed by atoms with van der Waals surface area (Å²) in [6.07, 6.45) is 14.7. The molecular formula is C21H29NO. The van der Waals surface area contributed by atoms with Gasteiger partial charge in [0, 0.05) is 24.2 Å². The van der Waals surface area contributed by atoms with E-state index in [4.69, 9.17) is 0 Å². The Hall–Kier alpha value is -1.83. The van der Waals surface area contributed by atoms with E-state index in [1.54, 1.807) is 6.07 Å². The maximum atomic E-state index is 12.2. The fourth-order valence-electron chi connectivity index (χ4n) is 3.01. The summed E-state index contributed by atoms with van der Waals surface area (Å²) < 4.78 is 2.10. The lowest BCUT2D eigenvalue weighted by molar-refractivity contribution is 0.592. The van der Waals surface area contributed by atoms with Gasteiger partial charge in [-0.25, -0.2) is 0 Å². The molecule has 0 N–H and O–H groups in total. The van der Waals surface area contributed by atoms with Crippen LogP contribution in [-0.2, 0) is 7.05 Å². The van der Waals surface area contributed by atoms with Gasteiger partial charge in [-0.05, 0) is 31.1 Å². The normalized spacial score (nSPS) is 11.6. The minimum atomic E-state index is 0.106. The zero-order valence-electron chi connectivity index (χ0n) is 14.6. The van der Waals surface area contributed by atoms with E-state index in [1.165, 1.54) is 44.9 Å². The number of aromatic nitrogens is 1. The van der Waals surface area contributed by atoms with Gasteiger partial charge in [0.05, 0.1) is 5.52 Å². The largest absolute Gasteiger partial charge is 0.344 e. The summed E-state index contributed by atoms with van der Waals surface area (Å²) in [5.74, 6) is 0. The van der Waals surface area contributed by atoms with Crippen LogP contribution >= 0.6 is 0 Å². The van der Waals surface area contributed by atoms with Gasteiger partial charge in [0.2, 0.25) is 0 Å². The van der Waals surface area contributed by atoms with E-state index in [9.17, 15) is 4.79 Å². The van der Waals surface area contributed by atoms with Crippen LogP contribution in [0.3, 0.4) is 0 Å². The van der Waals surface area contributed by atoms with Gasteiger partial charge in [0.1, 0.15) is 0 Å². The van der Waals surface area contributed by atoms with Gasteiger partial charge in [0.15, 0.2) is 5.43 Å². The van der Waals surface area contributed by atoms with E-state index in [2.05, 4.69) is 23.6 Å². The molecule has 2 aromatic rings. The summed E-state index contributed by atoms with van der Waals surface area (Å²) in [6.45, 7) is 2.25. The van der Waals surface area contributed by atoms with Crippen molar-refractivity contribution in [2.24, 2.45) is 7.05 Å². The summed E-state index contributed by atoms with van der Waals surface area (Å²) in [6, 6.07) is 9.53. The van der Waals surface area contributed by atoms with Crippen molar-refractivity contribution in [2.45, 2.75) is 58.3 Å². The Bertz CT molecular complexity index is 697. The number of pyridine rings is 1. The molecular weight excluding hydrogens is 282 g/mol. The number of para-hydroxylation sites is 1. The maximum absolute atomic E-state index is 12.2. The van der Waals surface area contributed by atoms with E-state index < -0.39 is 0 Å². The summed E-state index contributed by atoms with van der Waals surface area (Å²) in [4.78, 5) is 12.2. The molecule has 0 amide bonds. The van der Waals surface area contributed by atoms with Crippen LogP contribution in [0, 0.1) is 0 Å². The van der Waals surface area contributed by atoms with Gasteiger partial charge >= 0.3 is 0 Å². The van der Waals surface area contributed by atoms with Crippen molar-refractivity contribution in [1.82, 2.24) is 4.57 Å². The quantitative estimate of drug-likeness (QED) is 0.545. The van der Waals surface area contributed by atoms with Crippen molar-refractivity contribution < 1.29 is 0 Å². The highest BCUT2D eigenvalue weighted by Crippen LogP contribution is 2.13. The molecule has 0 fully saturated rings. The highest BCUT2D eigenvalue weighted by Gasteiger charge is 2.03. The standard InChI is InChI=1S/C21H29NO/c1-3-4-5-6-7-8-9-10-11-14-18-17-21(23)19-15-12-13-16-20(19)22(18)2/h11-17H,3-10H2,1-2H3/b14-11+. The molecule has 2 nitrogen and oxygen atoms in total. The second kappa shape index (κ2) is 9.34. The van der Waals surface area contributed by atoms with Crippen LogP contribution in [0.15, 0.2) is 41.2 Å². The summed E-state index contributed by atoms with van der Waals surface area (Å²) in [5.41, 5.74) is 2.08. The lowest BCUT2D eigenvalue weighted by Gasteiger charge is -2.09. The van der Waals surface area contributed by atoms with Gasteiger partial charge in [-0.2, -0.15) is 0 Å². The van der Waals surface area contributed by atoms with Gasteiger partial charge in [-0.3, -0.25) is 4.79 Å². The van der Waals surface area contributed by atoms with E-state index in [1.807, 2.05) is 31.3 Å². The summed E-state index contributed by atoms with van der Waals surface area (Å²) >= 11 is 0. The average molecular weight is 311 g/mol. The third-order valence-electron chi connectivity index (χ3n) is 4.46. The molecule has 0 saturated heterocycles. The van der Waals surface area contributed by atoms with Crippen molar-refractivity contribution in [2.75, 3.05) is 0 Å². The number of fused-ring (bicyclic) bond motifs is 1. The van der Waals surface area contributed by atoms with E-state index in [0.717, 1.165) is 23.0 Å². The fourth-order valence-corrected chi connectivity index (χ4v) is 3.01. The van der Waals surface area contributed by atoms with Crippen LogP contribution in [-0.4, -0.2) is 4.57 Å². The topological polar surface area (TPSA) is 22.0 Å². The minimum Gasteiger partial charge on any atom is -0.344 e. The van der Waals surface area contributed by atoms with E-state index >= 15 is 0 Å². The third-order valence-corrected chi connectivity index (χ3v) is 4.46. The van der Waals surface area contributed by atoms with Crippen molar-refractivity contribution >= 4 is 17.0 Å². The van der Waals surface area contributed by atoms with Crippen molar-refractivity contribution in [3.63, 3.8) is 0 Å². The monoisotopic (exact) mass is 311 g/mol. The Labute approximate surface area is 139 Å². The molecule has 1 heterocycles. The first-order valence-electron chi connectivity index (χ1n) is 8.99. The zero-order valence-corrected chi connectivity index (χ0v) is 14.6. The second-order valence-corrected chi connectivity index (χ2v) is 6.32. The highest BCUT2D eigenvalue weighted by molar-refractivity contribution is 5.80. The lowest BCUT2D eigenvalue weighted by atomic mass is 10.1. The molecule has 0 aliphatic heterocycles. The van der Waals surface area contributed by atoms with Gasteiger partial charge < -0.3 is 4.57 Å². The molecule has 2 rings (SSSR count). The van der Waals surface area contributed by atoms with Crippen LogP contribution in [0.4, 0.5) is 0 Å². The van der Waals surface area contributed by atoms with E-state index in [0.29, 0.717) is 0 Å². The predicted molar refractivity (Wildman–Crippen MR) is 101 cm³/mol. The molecule has 0 saturated carbocycles. The van der Waals surface area contributed by atoms with Crippen molar-refractivity contribution in [3.05, 3.63) is 52.3 Å². The summed E-state index contributed by atoms with van der Waals surface area (Å²) in [5, 5.41) is 0.791. The molecule has 0 bridgehead atoms. The summed E-state index contributed by atoms with van der Waals surface area (Å²) in [7, 11) is 2.02. The molecule has 124 valence electrons. The first-order valence-corrected chi connectivity index (χ1v) is 8.99. The Morgan fingerprint density at radius 3 is 2.48 bits per heavy atom. The molecule has 1 aromatic heterocycles. The van der Waals surface area contributed by atoms with E-state index in [-0.39, 0.29) is 5.43 Å². The number of allylic oxidation sites excluding steroid dienone is 1. The molecule has 0 aliphatic rings. The van der Waals surface area contributed by atoms with Crippen LogP contribution in [0.2, 0.25) is 0 Å². The number of benzene rings is 1. The molecule has 0 radical (unpaired) electrons. The molecule has 0 atom stereocenters.